The Labute approximate surface area is 177 Å². The molecule has 0 saturated heterocycles. The first-order chi connectivity index (χ1) is 14.6. The van der Waals surface area contributed by atoms with Crippen molar-refractivity contribution in [2.24, 2.45) is 5.10 Å². The van der Waals surface area contributed by atoms with Crippen LogP contribution in [0.2, 0.25) is 0 Å². The minimum atomic E-state index is -0.620. The standard InChI is InChI=1S/C22H20N2O5S/c1-27-18-11-14(8-9-16(18)29-22(26)17-6-4-10-28-17)13-23-24-21(25)20-12-15-5-2-3-7-19(15)30-20/h4,6,8-13H,2-3,5,7H2,1H3,(H,24,25). The summed E-state index contributed by atoms with van der Waals surface area (Å²) in [6.45, 7) is 0. The molecular weight excluding hydrogens is 404 g/mol. The van der Waals surface area contributed by atoms with Gasteiger partial charge >= 0.3 is 5.97 Å². The number of amides is 1. The molecule has 0 fully saturated rings. The molecule has 0 aliphatic heterocycles. The molecule has 1 aromatic carbocycles. The molecule has 1 amide bonds. The number of methoxy groups -OCH3 is 1. The van der Waals surface area contributed by atoms with Gasteiger partial charge in [0.05, 0.1) is 24.5 Å². The number of hydrogen-bond donors (Lipinski definition) is 1. The second-order valence-electron chi connectivity index (χ2n) is 6.74. The number of fused-ring (bicyclic) bond motifs is 1. The Morgan fingerprint density at radius 1 is 1.17 bits per heavy atom. The zero-order valence-electron chi connectivity index (χ0n) is 16.3. The third-order valence-electron chi connectivity index (χ3n) is 4.71. The Morgan fingerprint density at radius 2 is 2.03 bits per heavy atom. The van der Waals surface area contributed by atoms with Gasteiger partial charge in [-0.1, -0.05) is 0 Å². The Balaban J connectivity index is 1.40. The van der Waals surface area contributed by atoms with Gasteiger partial charge in [0.25, 0.3) is 5.91 Å². The maximum absolute atomic E-state index is 12.4. The highest BCUT2D eigenvalue weighted by molar-refractivity contribution is 7.14. The Bertz CT molecular complexity index is 1060. The van der Waals surface area contributed by atoms with Crippen LogP contribution in [0.3, 0.4) is 0 Å². The maximum Gasteiger partial charge on any atom is 0.379 e. The highest BCUT2D eigenvalue weighted by atomic mass is 32.1. The fourth-order valence-corrected chi connectivity index (χ4v) is 4.36. The second kappa shape index (κ2) is 8.96. The predicted molar refractivity (Wildman–Crippen MR) is 113 cm³/mol. The van der Waals surface area contributed by atoms with Crippen molar-refractivity contribution in [3.05, 3.63) is 69.3 Å². The molecule has 2 heterocycles. The maximum atomic E-state index is 12.4. The van der Waals surface area contributed by atoms with E-state index >= 15 is 0 Å². The van der Waals surface area contributed by atoms with Crippen molar-refractivity contribution in [1.29, 1.82) is 0 Å². The zero-order chi connectivity index (χ0) is 20.9. The summed E-state index contributed by atoms with van der Waals surface area (Å²) in [7, 11) is 1.47. The zero-order valence-corrected chi connectivity index (χ0v) is 17.2. The van der Waals surface area contributed by atoms with E-state index < -0.39 is 5.97 Å². The van der Waals surface area contributed by atoms with E-state index in [0.29, 0.717) is 16.2 Å². The molecule has 4 rings (SSSR count). The number of esters is 1. The van der Waals surface area contributed by atoms with Crippen LogP contribution in [-0.4, -0.2) is 25.2 Å². The molecule has 0 spiro atoms. The van der Waals surface area contributed by atoms with Crippen LogP contribution in [0.4, 0.5) is 0 Å². The molecule has 7 nitrogen and oxygen atoms in total. The van der Waals surface area contributed by atoms with E-state index in [-0.39, 0.29) is 17.4 Å². The molecule has 0 saturated carbocycles. The van der Waals surface area contributed by atoms with Crippen LogP contribution in [0.5, 0.6) is 11.5 Å². The molecule has 1 N–H and O–H groups in total. The van der Waals surface area contributed by atoms with Crippen molar-refractivity contribution in [3.8, 4) is 11.5 Å². The van der Waals surface area contributed by atoms with E-state index in [2.05, 4.69) is 10.5 Å². The predicted octanol–water partition coefficient (Wildman–Crippen LogP) is 4.21. The number of carbonyl (C=O) groups excluding carboxylic acids is 2. The number of carbonyl (C=O) groups is 2. The Morgan fingerprint density at radius 3 is 2.80 bits per heavy atom. The Hall–Kier alpha value is -3.39. The van der Waals surface area contributed by atoms with Crippen molar-refractivity contribution >= 4 is 29.4 Å². The van der Waals surface area contributed by atoms with Gasteiger partial charge in [-0.15, -0.1) is 11.3 Å². The van der Waals surface area contributed by atoms with E-state index in [4.69, 9.17) is 13.9 Å². The molecule has 0 atom stereocenters. The van der Waals surface area contributed by atoms with Crippen LogP contribution in [0, 0.1) is 0 Å². The third kappa shape index (κ3) is 4.44. The van der Waals surface area contributed by atoms with E-state index in [0.717, 1.165) is 12.8 Å². The minimum Gasteiger partial charge on any atom is -0.493 e. The summed E-state index contributed by atoms with van der Waals surface area (Å²) in [6, 6.07) is 10.0. The number of furan rings is 1. The third-order valence-corrected chi connectivity index (χ3v) is 5.95. The normalized spacial score (nSPS) is 13.1. The van der Waals surface area contributed by atoms with Crippen LogP contribution in [0.1, 0.15) is 49.1 Å². The van der Waals surface area contributed by atoms with Gasteiger partial charge in [-0.3, -0.25) is 4.79 Å². The van der Waals surface area contributed by atoms with Crippen molar-refractivity contribution in [2.45, 2.75) is 25.7 Å². The van der Waals surface area contributed by atoms with E-state index in [1.807, 2.05) is 6.07 Å². The number of nitrogens with zero attached hydrogens (tertiary/aromatic N) is 1. The lowest BCUT2D eigenvalue weighted by Gasteiger charge is -2.08. The summed E-state index contributed by atoms with van der Waals surface area (Å²) in [4.78, 5) is 26.4. The minimum absolute atomic E-state index is 0.0978. The van der Waals surface area contributed by atoms with Crippen LogP contribution < -0.4 is 14.9 Å². The fourth-order valence-electron chi connectivity index (χ4n) is 3.22. The monoisotopic (exact) mass is 424 g/mol. The van der Waals surface area contributed by atoms with E-state index in [1.165, 1.54) is 48.9 Å². The first-order valence-electron chi connectivity index (χ1n) is 9.53. The van der Waals surface area contributed by atoms with Crippen molar-refractivity contribution in [3.63, 3.8) is 0 Å². The lowest BCUT2D eigenvalue weighted by atomic mass is 9.99. The number of thiophene rings is 1. The van der Waals surface area contributed by atoms with Crippen molar-refractivity contribution in [2.75, 3.05) is 7.11 Å². The number of nitrogens with one attached hydrogen (secondary N) is 1. The number of hydrazone groups is 1. The van der Waals surface area contributed by atoms with Gasteiger partial charge in [0, 0.05) is 4.88 Å². The summed E-state index contributed by atoms with van der Waals surface area (Å²) in [5, 5.41) is 4.03. The average molecular weight is 424 g/mol. The average Bonchev–Trinajstić information content (AvgIpc) is 3.44. The quantitative estimate of drug-likeness (QED) is 0.277. The largest absolute Gasteiger partial charge is 0.493 e. The van der Waals surface area contributed by atoms with Gasteiger partial charge in [-0.2, -0.15) is 5.10 Å². The number of aryl methyl sites for hydroxylation is 2. The van der Waals surface area contributed by atoms with Crippen molar-refractivity contribution < 1.29 is 23.5 Å². The van der Waals surface area contributed by atoms with E-state index in [9.17, 15) is 9.59 Å². The number of benzene rings is 1. The number of hydrogen-bond acceptors (Lipinski definition) is 7. The Kier molecular flexibility index (Phi) is 5.94. The summed E-state index contributed by atoms with van der Waals surface area (Å²) in [5.74, 6) is -0.131. The molecule has 0 bridgehead atoms. The lowest BCUT2D eigenvalue weighted by Crippen LogP contribution is -2.16. The summed E-state index contributed by atoms with van der Waals surface area (Å²) in [5.41, 5.74) is 4.52. The molecular formula is C22H20N2O5S. The SMILES string of the molecule is COc1cc(C=NNC(=O)c2cc3c(s2)CCCC3)ccc1OC(=O)c1ccco1. The summed E-state index contributed by atoms with van der Waals surface area (Å²) in [6.07, 6.45) is 7.35. The van der Waals surface area contributed by atoms with Crippen LogP contribution >= 0.6 is 11.3 Å². The van der Waals surface area contributed by atoms with Gasteiger partial charge in [0.15, 0.2) is 11.5 Å². The van der Waals surface area contributed by atoms with Gasteiger partial charge in [-0.05, 0) is 73.2 Å². The van der Waals surface area contributed by atoms with Crippen LogP contribution in [0.25, 0.3) is 0 Å². The van der Waals surface area contributed by atoms with Gasteiger partial charge in [0.1, 0.15) is 0 Å². The van der Waals surface area contributed by atoms with Crippen LogP contribution in [-0.2, 0) is 12.8 Å². The molecule has 2 aromatic heterocycles. The molecule has 0 radical (unpaired) electrons. The van der Waals surface area contributed by atoms with Gasteiger partial charge < -0.3 is 13.9 Å². The first kappa shape index (κ1) is 19.9. The molecule has 30 heavy (non-hydrogen) atoms. The smallest absolute Gasteiger partial charge is 0.379 e. The molecule has 1 aliphatic carbocycles. The van der Waals surface area contributed by atoms with E-state index in [1.54, 1.807) is 35.6 Å². The molecule has 3 aromatic rings. The van der Waals surface area contributed by atoms with Crippen molar-refractivity contribution in [1.82, 2.24) is 5.43 Å². The lowest BCUT2D eigenvalue weighted by molar-refractivity contribution is 0.0696. The molecule has 154 valence electrons. The number of rotatable bonds is 6. The highest BCUT2D eigenvalue weighted by Crippen LogP contribution is 2.30. The van der Waals surface area contributed by atoms with Gasteiger partial charge in [0.2, 0.25) is 5.76 Å². The molecule has 8 heteroatoms. The topological polar surface area (TPSA) is 90.1 Å². The van der Waals surface area contributed by atoms with Crippen LogP contribution in [0.15, 0.2) is 52.2 Å². The fraction of sp³-hybridized carbons (Fsp3) is 0.227. The first-order valence-corrected chi connectivity index (χ1v) is 10.3. The number of ether oxygens (including phenoxy) is 2. The second-order valence-corrected chi connectivity index (χ2v) is 7.88. The molecule has 1 aliphatic rings. The summed E-state index contributed by atoms with van der Waals surface area (Å²) < 4.78 is 15.6. The van der Waals surface area contributed by atoms with Gasteiger partial charge in [-0.25, -0.2) is 10.2 Å². The highest BCUT2D eigenvalue weighted by Gasteiger charge is 2.17. The summed E-state index contributed by atoms with van der Waals surface area (Å²) >= 11 is 1.54. The molecule has 0 unspecified atom stereocenters.